The van der Waals surface area contributed by atoms with Crippen LogP contribution in [-0.4, -0.2) is 21.3 Å². The average Bonchev–Trinajstić information content (AvgIpc) is 2.99. The van der Waals surface area contributed by atoms with E-state index in [1.54, 1.807) is 0 Å². The van der Waals surface area contributed by atoms with Crippen molar-refractivity contribution in [3.05, 3.63) is 35.2 Å². The predicted octanol–water partition coefficient (Wildman–Crippen LogP) is 1.84. The number of rotatable bonds is 4. The minimum Gasteiger partial charge on any atom is -0.361 e. The predicted molar refractivity (Wildman–Crippen MR) is 71.7 cm³/mol. The molecule has 2 aromatic rings. The molecule has 102 valence electrons. The van der Waals surface area contributed by atoms with E-state index in [0.29, 0.717) is 5.92 Å². The molecule has 3 rings (SSSR count). The lowest BCUT2D eigenvalue weighted by Gasteiger charge is -2.24. The molecule has 0 radical (unpaired) electrons. The second kappa shape index (κ2) is 5.17. The zero-order valence-electron chi connectivity index (χ0n) is 11.5. The molecule has 0 spiro atoms. The molecule has 3 heterocycles. The lowest BCUT2D eigenvalue weighted by Crippen LogP contribution is -2.29. The average molecular weight is 260 g/mol. The topological polar surface area (TPSA) is 55.9 Å². The van der Waals surface area contributed by atoms with Gasteiger partial charge in [-0.15, -0.1) is 0 Å². The van der Waals surface area contributed by atoms with Gasteiger partial charge in [0.05, 0.1) is 5.69 Å². The van der Waals surface area contributed by atoms with Gasteiger partial charge in [-0.25, -0.2) is 4.98 Å². The molecule has 19 heavy (non-hydrogen) atoms. The van der Waals surface area contributed by atoms with Crippen LogP contribution in [0.3, 0.4) is 0 Å². The van der Waals surface area contributed by atoms with Crippen molar-refractivity contribution in [2.75, 3.05) is 6.54 Å². The first-order chi connectivity index (χ1) is 9.24. The fourth-order valence-electron chi connectivity index (χ4n) is 2.76. The minimum atomic E-state index is 0.683. The fraction of sp³-hybridized carbons (Fsp3) is 0.571. The van der Waals surface area contributed by atoms with Gasteiger partial charge in [-0.2, -0.15) is 0 Å². The maximum atomic E-state index is 5.17. The largest absolute Gasteiger partial charge is 0.361 e. The van der Waals surface area contributed by atoms with Crippen LogP contribution >= 0.6 is 0 Å². The molecule has 1 aliphatic heterocycles. The summed E-state index contributed by atoms with van der Waals surface area (Å²) in [6, 6.07) is 0. The van der Waals surface area contributed by atoms with Crippen LogP contribution in [-0.2, 0) is 19.5 Å². The Hall–Kier alpha value is -1.62. The maximum Gasteiger partial charge on any atom is 0.138 e. The summed E-state index contributed by atoms with van der Waals surface area (Å²) in [6.07, 6.45) is 6.28. The van der Waals surface area contributed by atoms with E-state index in [2.05, 4.69) is 26.2 Å². The summed E-state index contributed by atoms with van der Waals surface area (Å²) in [6.45, 7) is 6.90. The zero-order chi connectivity index (χ0) is 13.2. The van der Waals surface area contributed by atoms with Crippen molar-refractivity contribution in [2.24, 2.45) is 5.92 Å². The number of aromatic nitrogens is 3. The van der Waals surface area contributed by atoms with Gasteiger partial charge in [0.25, 0.3) is 0 Å². The standard InChI is InChI=1S/C14H20N4O/c1-10-13(11(2)19-17-10)8-15-7-12-3-4-14-16-5-6-18(14)9-12/h5-6,12,15H,3-4,7-9H2,1-2H3/t12-/m1/s1. The molecular formula is C14H20N4O. The van der Waals surface area contributed by atoms with Gasteiger partial charge < -0.3 is 14.4 Å². The molecular weight excluding hydrogens is 240 g/mol. The summed E-state index contributed by atoms with van der Waals surface area (Å²) in [5, 5.41) is 7.51. The molecule has 0 amide bonds. The smallest absolute Gasteiger partial charge is 0.138 e. The molecule has 0 bridgehead atoms. The molecule has 0 aromatic carbocycles. The molecule has 0 saturated carbocycles. The van der Waals surface area contributed by atoms with E-state index < -0.39 is 0 Å². The van der Waals surface area contributed by atoms with E-state index >= 15 is 0 Å². The SMILES string of the molecule is Cc1noc(C)c1CNC[C@H]1CCc2nccn2C1. The lowest BCUT2D eigenvalue weighted by molar-refractivity contribution is 0.346. The van der Waals surface area contributed by atoms with E-state index in [9.17, 15) is 0 Å². The first kappa shape index (κ1) is 12.4. The number of imidazole rings is 1. The molecule has 5 nitrogen and oxygen atoms in total. The molecule has 1 atom stereocenters. The lowest BCUT2D eigenvalue weighted by atomic mass is 9.99. The number of aryl methyl sites for hydroxylation is 3. The molecule has 0 unspecified atom stereocenters. The quantitative estimate of drug-likeness (QED) is 0.911. The highest BCUT2D eigenvalue weighted by Crippen LogP contribution is 2.18. The van der Waals surface area contributed by atoms with Crippen LogP contribution in [0.15, 0.2) is 16.9 Å². The Morgan fingerprint density at radius 1 is 1.47 bits per heavy atom. The van der Waals surface area contributed by atoms with Gasteiger partial charge in [0.2, 0.25) is 0 Å². The Bertz CT molecular complexity index is 538. The summed E-state index contributed by atoms with van der Waals surface area (Å²) in [5.74, 6) is 2.83. The monoisotopic (exact) mass is 260 g/mol. The Morgan fingerprint density at radius 3 is 3.16 bits per heavy atom. The van der Waals surface area contributed by atoms with Crippen molar-refractivity contribution in [3.63, 3.8) is 0 Å². The summed E-state index contributed by atoms with van der Waals surface area (Å²) >= 11 is 0. The zero-order valence-corrected chi connectivity index (χ0v) is 11.5. The van der Waals surface area contributed by atoms with Crippen molar-refractivity contribution < 1.29 is 4.52 Å². The van der Waals surface area contributed by atoms with Gasteiger partial charge in [-0.05, 0) is 32.7 Å². The van der Waals surface area contributed by atoms with E-state index in [1.807, 2.05) is 20.0 Å². The molecule has 1 N–H and O–H groups in total. The van der Waals surface area contributed by atoms with Crippen LogP contribution in [0.1, 0.15) is 29.3 Å². The minimum absolute atomic E-state index is 0.683. The Morgan fingerprint density at radius 2 is 2.37 bits per heavy atom. The Kier molecular flexibility index (Phi) is 3.38. The normalized spacial score (nSPS) is 18.5. The van der Waals surface area contributed by atoms with E-state index in [1.165, 1.54) is 17.8 Å². The summed E-state index contributed by atoms with van der Waals surface area (Å²) in [5.41, 5.74) is 2.18. The highest BCUT2D eigenvalue weighted by atomic mass is 16.5. The number of nitrogens with one attached hydrogen (secondary N) is 1. The number of hydrogen-bond donors (Lipinski definition) is 1. The maximum absolute atomic E-state index is 5.17. The second-order valence-corrected chi connectivity index (χ2v) is 5.33. The van der Waals surface area contributed by atoms with Crippen molar-refractivity contribution in [1.82, 2.24) is 20.0 Å². The Labute approximate surface area is 113 Å². The number of fused-ring (bicyclic) bond motifs is 1. The van der Waals surface area contributed by atoms with Crippen molar-refractivity contribution in [3.8, 4) is 0 Å². The van der Waals surface area contributed by atoms with Crippen LogP contribution in [0.25, 0.3) is 0 Å². The first-order valence-electron chi connectivity index (χ1n) is 6.86. The molecule has 0 aliphatic carbocycles. The van der Waals surface area contributed by atoms with Gasteiger partial charge in [0.1, 0.15) is 11.6 Å². The summed E-state index contributed by atoms with van der Waals surface area (Å²) in [4.78, 5) is 4.36. The van der Waals surface area contributed by atoms with Crippen LogP contribution in [0.5, 0.6) is 0 Å². The third kappa shape index (κ3) is 2.56. The van der Waals surface area contributed by atoms with Crippen LogP contribution in [0.2, 0.25) is 0 Å². The molecule has 2 aromatic heterocycles. The third-order valence-electron chi connectivity index (χ3n) is 3.95. The first-order valence-corrected chi connectivity index (χ1v) is 6.86. The van der Waals surface area contributed by atoms with Gasteiger partial charge >= 0.3 is 0 Å². The second-order valence-electron chi connectivity index (χ2n) is 5.33. The van der Waals surface area contributed by atoms with Crippen LogP contribution in [0, 0.1) is 19.8 Å². The van der Waals surface area contributed by atoms with Crippen LogP contribution in [0.4, 0.5) is 0 Å². The van der Waals surface area contributed by atoms with Crippen molar-refractivity contribution in [1.29, 1.82) is 0 Å². The highest BCUT2D eigenvalue weighted by Gasteiger charge is 2.18. The summed E-state index contributed by atoms with van der Waals surface area (Å²) in [7, 11) is 0. The van der Waals surface area contributed by atoms with E-state index in [0.717, 1.165) is 37.5 Å². The Balaban J connectivity index is 1.51. The molecule has 1 aliphatic rings. The fourth-order valence-corrected chi connectivity index (χ4v) is 2.76. The molecule has 0 saturated heterocycles. The summed E-state index contributed by atoms with van der Waals surface area (Å²) < 4.78 is 7.44. The number of hydrogen-bond acceptors (Lipinski definition) is 4. The van der Waals surface area contributed by atoms with Gasteiger partial charge in [-0.1, -0.05) is 5.16 Å². The highest BCUT2D eigenvalue weighted by molar-refractivity contribution is 5.20. The molecule has 5 heteroatoms. The van der Waals surface area contributed by atoms with Gasteiger partial charge in [-0.3, -0.25) is 0 Å². The van der Waals surface area contributed by atoms with E-state index in [4.69, 9.17) is 4.52 Å². The molecule has 0 fully saturated rings. The van der Waals surface area contributed by atoms with Crippen LogP contribution < -0.4 is 5.32 Å². The van der Waals surface area contributed by atoms with Crippen molar-refractivity contribution >= 4 is 0 Å². The van der Waals surface area contributed by atoms with Crippen molar-refractivity contribution in [2.45, 2.75) is 39.8 Å². The third-order valence-corrected chi connectivity index (χ3v) is 3.95. The number of nitrogens with zero attached hydrogens (tertiary/aromatic N) is 3. The van der Waals surface area contributed by atoms with Gasteiger partial charge in [0, 0.05) is 37.5 Å². The van der Waals surface area contributed by atoms with E-state index in [-0.39, 0.29) is 0 Å². The van der Waals surface area contributed by atoms with Gasteiger partial charge in [0.15, 0.2) is 0 Å².